The minimum atomic E-state index is -0.914. The molecule has 0 fully saturated rings. The SMILES string of the molecule is CCCCCCCC/C=C\CCCCCCCC(=O)[O-].[O-2].[Ti+3]. The first kappa shape index (κ1) is 26.8. The second-order valence-electron chi connectivity index (χ2n) is 5.71. The summed E-state index contributed by atoms with van der Waals surface area (Å²) in [5.41, 5.74) is 0. The van der Waals surface area contributed by atoms with Gasteiger partial charge >= 0.3 is 21.7 Å². The standard InChI is InChI=1S/C18H34O2.O.Ti/c1-2-3-4-5-6-7-8-9-10-11-12-13-14-15-16-17-18(19)20;;/h9-10H,2-8,11-17H2,1H3,(H,19,20);;/q;-2;+3/p-1/b10-9-;;. The normalized spacial score (nSPS) is 10.2. The molecule has 0 saturated carbocycles. The molecule has 0 aliphatic rings. The Balaban J connectivity index is -0.00000180. The van der Waals surface area contributed by atoms with E-state index in [1.165, 1.54) is 64.2 Å². The van der Waals surface area contributed by atoms with Crippen LogP contribution in [0.4, 0.5) is 0 Å². The minimum absolute atomic E-state index is 0. The van der Waals surface area contributed by atoms with E-state index < -0.39 is 5.97 Å². The van der Waals surface area contributed by atoms with E-state index in [0.717, 1.165) is 19.3 Å². The maximum atomic E-state index is 10.2. The van der Waals surface area contributed by atoms with Gasteiger partial charge in [0.1, 0.15) is 0 Å². The Hall–Kier alpha value is -0.116. The second kappa shape index (κ2) is 23.2. The fourth-order valence-corrected chi connectivity index (χ4v) is 2.34. The van der Waals surface area contributed by atoms with Crippen LogP contribution in [0.15, 0.2) is 12.2 Å². The summed E-state index contributed by atoms with van der Waals surface area (Å²) in [4.78, 5) is 10.2. The first-order chi connectivity index (χ1) is 9.77. The number of aliphatic carboxylic acids is 1. The molecule has 0 saturated heterocycles. The molecule has 0 heterocycles. The number of hydrogen-bond acceptors (Lipinski definition) is 2. The molecule has 0 aliphatic heterocycles. The van der Waals surface area contributed by atoms with Gasteiger partial charge < -0.3 is 15.4 Å². The second-order valence-corrected chi connectivity index (χ2v) is 5.71. The van der Waals surface area contributed by atoms with Gasteiger partial charge in [-0.1, -0.05) is 70.4 Å². The number of unbranched alkanes of at least 4 members (excludes halogenated alkanes) is 11. The van der Waals surface area contributed by atoms with Gasteiger partial charge in [-0.3, -0.25) is 0 Å². The van der Waals surface area contributed by atoms with E-state index in [-0.39, 0.29) is 33.6 Å². The molecule has 0 unspecified atom stereocenters. The Morgan fingerprint density at radius 1 is 0.773 bits per heavy atom. The number of rotatable bonds is 15. The van der Waals surface area contributed by atoms with Crippen LogP contribution in [0.1, 0.15) is 96.8 Å². The van der Waals surface area contributed by atoms with Crippen molar-refractivity contribution in [1.29, 1.82) is 0 Å². The van der Waals surface area contributed by atoms with Gasteiger partial charge in [0.25, 0.3) is 0 Å². The summed E-state index contributed by atoms with van der Waals surface area (Å²) in [5, 5.41) is 10.2. The summed E-state index contributed by atoms with van der Waals surface area (Å²) < 4.78 is 0. The van der Waals surface area contributed by atoms with E-state index in [1.54, 1.807) is 0 Å². The number of carbonyl (C=O) groups is 1. The van der Waals surface area contributed by atoms with Crippen molar-refractivity contribution in [2.24, 2.45) is 0 Å². The third kappa shape index (κ3) is 24.9. The summed E-state index contributed by atoms with van der Waals surface area (Å²) in [6.45, 7) is 2.26. The van der Waals surface area contributed by atoms with Crippen molar-refractivity contribution in [2.45, 2.75) is 96.8 Å². The van der Waals surface area contributed by atoms with E-state index in [4.69, 9.17) is 0 Å². The number of carboxylic acid groups (broad SMARTS) is 1. The van der Waals surface area contributed by atoms with E-state index in [9.17, 15) is 9.90 Å². The zero-order valence-corrected chi connectivity index (χ0v) is 15.8. The zero-order chi connectivity index (χ0) is 14.9. The molecule has 0 aromatic heterocycles. The molecule has 22 heavy (non-hydrogen) atoms. The van der Waals surface area contributed by atoms with Crippen molar-refractivity contribution in [3.8, 4) is 0 Å². The van der Waals surface area contributed by atoms with Crippen molar-refractivity contribution in [1.82, 2.24) is 0 Å². The molecular weight excluding hydrogens is 312 g/mol. The first-order valence-corrected chi connectivity index (χ1v) is 8.62. The zero-order valence-electron chi connectivity index (χ0n) is 14.3. The summed E-state index contributed by atoms with van der Waals surface area (Å²) in [7, 11) is 0. The van der Waals surface area contributed by atoms with Gasteiger partial charge in [0.2, 0.25) is 0 Å². The van der Waals surface area contributed by atoms with Crippen LogP contribution >= 0.6 is 0 Å². The van der Waals surface area contributed by atoms with Gasteiger partial charge in [0, 0.05) is 5.97 Å². The Bertz CT molecular complexity index is 242. The third-order valence-electron chi connectivity index (χ3n) is 3.64. The average molecular weight is 345 g/mol. The molecule has 0 N–H and O–H groups in total. The van der Waals surface area contributed by atoms with Crippen LogP contribution in [0.2, 0.25) is 0 Å². The predicted molar refractivity (Wildman–Crippen MR) is 85.1 cm³/mol. The van der Waals surface area contributed by atoms with Gasteiger partial charge in [0.15, 0.2) is 0 Å². The molecule has 0 rings (SSSR count). The molecule has 0 amide bonds. The summed E-state index contributed by atoms with van der Waals surface area (Å²) >= 11 is 0. The number of carboxylic acids is 1. The van der Waals surface area contributed by atoms with Gasteiger partial charge in [0.05, 0.1) is 0 Å². The van der Waals surface area contributed by atoms with E-state index in [0.29, 0.717) is 0 Å². The molecular formula is C18H33O3Ti. The maximum absolute atomic E-state index is 10.2. The summed E-state index contributed by atoms with van der Waals surface area (Å²) in [6.07, 6.45) is 20.9. The van der Waals surface area contributed by atoms with E-state index in [2.05, 4.69) is 19.1 Å². The Kier molecular flexibility index (Phi) is 28.2. The fourth-order valence-electron chi connectivity index (χ4n) is 2.34. The largest absolute Gasteiger partial charge is 3.00 e. The molecule has 0 aromatic carbocycles. The van der Waals surface area contributed by atoms with E-state index >= 15 is 0 Å². The van der Waals surface area contributed by atoms with Gasteiger partial charge in [-0.2, -0.15) is 0 Å². The molecule has 4 heteroatoms. The maximum Gasteiger partial charge on any atom is 3.00 e. The monoisotopic (exact) mass is 345 g/mol. The molecule has 1 radical (unpaired) electrons. The molecule has 0 bridgehead atoms. The minimum Gasteiger partial charge on any atom is -2.00 e. The van der Waals surface area contributed by atoms with Gasteiger partial charge in [-0.25, -0.2) is 0 Å². The van der Waals surface area contributed by atoms with Crippen LogP contribution in [0.25, 0.3) is 0 Å². The van der Waals surface area contributed by atoms with Crippen LogP contribution in [0.5, 0.6) is 0 Å². The van der Waals surface area contributed by atoms with Crippen LogP contribution in [0, 0.1) is 0 Å². The topological polar surface area (TPSA) is 68.6 Å². The summed E-state index contributed by atoms with van der Waals surface area (Å²) in [5.74, 6) is -0.914. The van der Waals surface area contributed by atoms with Crippen molar-refractivity contribution >= 4 is 5.97 Å². The molecule has 0 spiro atoms. The molecule has 127 valence electrons. The molecule has 0 atom stereocenters. The summed E-state index contributed by atoms with van der Waals surface area (Å²) in [6, 6.07) is 0. The first-order valence-electron chi connectivity index (χ1n) is 8.62. The van der Waals surface area contributed by atoms with Crippen LogP contribution in [-0.2, 0) is 32.0 Å². The molecule has 0 aliphatic carbocycles. The quantitative estimate of drug-likeness (QED) is 0.246. The number of carbonyl (C=O) groups excluding carboxylic acids is 1. The average Bonchev–Trinajstić information content (AvgIpc) is 2.43. The molecule has 3 nitrogen and oxygen atoms in total. The Morgan fingerprint density at radius 3 is 1.64 bits per heavy atom. The number of allylic oxidation sites excluding steroid dienone is 2. The van der Waals surface area contributed by atoms with Crippen molar-refractivity contribution < 1.29 is 37.1 Å². The van der Waals surface area contributed by atoms with Gasteiger partial charge in [-0.15, -0.1) is 0 Å². The molecule has 0 aromatic rings. The van der Waals surface area contributed by atoms with Gasteiger partial charge in [-0.05, 0) is 38.5 Å². The van der Waals surface area contributed by atoms with E-state index in [1.807, 2.05) is 0 Å². The predicted octanol–water partition coefficient (Wildman–Crippen LogP) is 4.65. The Labute approximate surface area is 152 Å². The van der Waals surface area contributed by atoms with Crippen LogP contribution in [-0.4, -0.2) is 5.97 Å². The fraction of sp³-hybridized carbons (Fsp3) is 0.833. The third-order valence-corrected chi connectivity index (χ3v) is 3.64. The van der Waals surface area contributed by atoms with Crippen LogP contribution in [0.3, 0.4) is 0 Å². The van der Waals surface area contributed by atoms with Crippen LogP contribution < -0.4 is 5.11 Å². The smallest absolute Gasteiger partial charge is 2.00 e. The Morgan fingerprint density at radius 2 is 1.18 bits per heavy atom. The van der Waals surface area contributed by atoms with Crippen molar-refractivity contribution in [2.75, 3.05) is 0 Å². The van der Waals surface area contributed by atoms with Crippen molar-refractivity contribution in [3.05, 3.63) is 12.2 Å². The van der Waals surface area contributed by atoms with Crippen molar-refractivity contribution in [3.63, 3.8) is 0 Å². The number of hydrogen-bond donors (Lipinski definition) is 0.